The van der Waals surface area contributed by atoms with E-state index in [2.05, 4.69) is 34.6 Å². The van der Waals surface area contributed by atoms with Crippen molar-refractivity contribution in [2.75, 3.05) is 0 Å². The van der Waals surface area contributed by atoms with Crippen molar-refractivity contribution < 1.29 is 19.8 Å². The Bertz CT molecular complexity index is 616. The molecule has 2 aromatic heterocycles. The van der Waals surface area contributed by atoms with Crippen LogP contribution in [0.4, 0.5) is 0 Å². The number of thiophene rings is 1. The lowest BCUT2D eigenvalue weighted by Gasteiger charge is -2.08. The van der Waals surface area contributed by atoms with Crippen LogP contribution in [0.2, 0.25) is 0 Å². The number of carboxylic acids is 2. The Hall–Kier alpha value is -2.41. The summed E-state index contributed by atoms with van der Waals surface area (Å²) in [4.78, 5) is 26.4. The van der Waals surface area contributed by atoms with Gasteiger partial charge < -0.3 is 15.2 Å². The minimum absolute atomic E-state index is 0.405. The Labute approximate surface area is 132 Å². The maximum Gasteiger partial charge on any atom is 0.328 e. The zero-order valence-corrected chi connectivity index (χ0v) is 13.1. The highest BCUT2D eigenvalue weighted by Crippen LogP contribution is 2.28. The van der Waals surface area contributed by atoms with E-state index >= 15 is 0 Å². The molecular weight excluding hydrogens is 304 g/mol. The van der Waals surface area contributed by atoms with Gasteiger partial charge in [-0.15, -0.1) is 0 Å². The molecule has 0 aliphatic rings. The van der Waals surface area contributed by atoms with Crippen LogP contribution in [-0.4, -0.2) is 32.1 Å². The quantitative estimate of drug-likeness (QED) is 0.734. The van der Waals surface area contributed by atoms with Gasteiger partial charge in [0.25, 0.3) is 0 Å². The van der Waals surface area contributed by atoms with Gasteiger partial charge in [-0.25, -0.2) is 14.6 Å². The summed E-state index contributed by atoms with van der Waals surface area (Å²) in [6.45, 7) is 4.40. The fourth-order valence-electron chi connectivity index (χ4n) is 1.81. The number of carbonyl (C=O) groups is 2. The molecular formula is C15H18N2O4S. The molecule has 0 bridgehead atoms. The molecule has 22 heavy (non-hydrogen) atoms. The molecule has 0 aliphatic heterocycles. The van der Waals surface area contributed by atoms with Crippen LogP contribution < -0.4 is 0 Å². The summed E-state index contributed by atoms with van der Waals surface area (Å²) in [7, 11) is 0. The fourth-order valence-corrected chi connectivity index (χ4v) is 2.85. The monoisotopic (exact) mass is 322 g/mol. The molecule has 2 heterocycles. The molecule has 118 valence electrons. The van der Waals surface area contributed by atoms with Crippen LogP contribution in [0.15, 0.2) is 35.4 Å². The molecule has 0 aromatic carbocycles. The minimum atomic E-state index is -1.26. The van der Waals surface area contributed by atoms with E-state index < -0.39 is 11.9 Å². The van der Waals surface area contributed by atoms with E-state index in [0.29, 0.717) is 18.1 Å². The van der Waals surface area contributed by atoms with E-state index in [1.54, 1.807) is 17.7 Å². The molecule has 0 aliphatic carbocycles. The van der Waals surface area contributed by atoms with Gasteiger partial charge in [0.1, 0.15) is 0 Å². The SMILES string of the molecule is CCc1cscc1C(C)c1c[nH]cn1.O=C(O)/C=C/C(=O)O. The van der Waals surface area contributed by atoms with E-state index in [-0.39, 0.29) is 0 Å². The summed E-state index contributed by atoms with van der Waals surface area (Å²) < 4.78 is 0. The predicted molar refractivity (Wildman–Crippen MR) is 84.2 cm³/mol. The van der Waals surface area contributed by atoms with Gasteiger partial charge in [-0.1, -0.05) is 13.8 Å². The van der Waals surface area contributed by atoms with Gasteiger partial charge in [0, 0.05) is 24.3 Å². The molecule has 0 fully saturated rings. The van der Waals surface area contributed by atoms with Crippen LogP contribution in [0.5, 0.6) is 0 Å². The number of nitrogens with one attached hydrogen (secondary N) is 1. The summed E-state index contributed by atoms with van der Waals surface area (Å²) >= 11 is 1.78. The van der Waals surface area contributed by atoms with Gasteiger partial charge in [0.05, 0.1) is 12.0 Å². The molecule has 1 unspecified atom stereocenters. The summed E-state index contributed by atoms with van der Waals surface area (Å²) in [5.74, 6) is -2.11. The maximum absolute atomic E-state index is 9.55. The molecule has 1 atom stereocenters. The summed E-state index contributed by atoms with van der Waals surface area (Å²) in [5, 5.41) is 20.1. The first-order chi connectivity index (χ1) is 10.5. The van der Waals surface area contributed by atoms with Crippen molar-refractivity contribution in [1.82, 2.24) is 9.97 Å². The number of aryl methyl sites for hydroxylation is 1. The summed E-state index contributed by atoms with van der Waals surface area (Å²) in [6.07, 6.45) is 5.93. The first kappa shape index (κ1) is 17.6. The third-order valence-electron chi connectivity index (χ3n) is 2.96. The lowest BCUT2D eigenvalue weighted by Crippen LogP contribution is -1.97. The largest absolute Gasteiger partial charge is 0.478 e. The zero-order valence-electron chi connectivity index (χ0n) is 12.3. The lowest BCUT2D eigenvalue weighted by molar-refractivity contribution is -0.134. The Morgan fingerprint density at radius 1 is 1.32 bits per heavy atom. The van der Waals surface area contributed by atoms with Gasteiger partial charge in [-0.3, -0.25) is 0 Å². The third-order valence-corrected chi connectivity index (χ3v) is 3.77. The minimum Gasteiger partial charge on any atom is -0.478 e. The van der Waals surface area contributed by atoms with Crippen LogP contribution in [-0.2, 0) is 16.0 Å². The molecule has 0 radical (unpaired) electrons. The molecule has 0 spiro atoms. The van der Waals surface area contributed by atoms with Crippen molar-refractivity contribution in [3.63, 3.8) is 0 Å². The number of hydrogen-bond acceptors (Lipinski definition) is 4. The van der Waals surface area contributed by atoms with Crippen molar-refractivity contribution >= 4 is 23.3 Å². The number of aliphatic carboxylic acids is 2. The van der Waals surface area contributed by atoms with Crippen molar-refractivity contribution in [3.8, 4) is 0 Å². The highest BCUT2D eigenvalue weighted by molar-refractivity contribution is 7.08. The topological polar surface area (TPSA) is 103 Å². The summed E-state index contributed by atoms with van der Waals surface area (Å²) in [5.41, 5.74) is 3.99. The molecule has 6 nitrogen and oxygen atoms in total. The average Bonchev–Trinajstić information content (AvgIpc) is 3.15. The van der Waals surface area contributed by atoms with Crippen molar-refractivity contribution in [2.24, 2.45) is 0 Å². The lowest BCUT2D eigenvalue weighted by atomic mass is 9.96. The van der Waals surface area contributed by atoms with Crippen LogP contribution >= 0.6 is 11.3 Å². The van der Waals surface area contributed by atoms with E-state index in [1.807, 2.05) is 6.20 Å². The number of imidazole rings is 1. The molecule has 0 amide bonds. The molecule has 7 heteroatoms. The number of aromatic amines is 1. The average molecular weight is 322 g/mol. The normalized spacial score (nSPS) is 11.7. The van der Waals surface area contributed by atoms with Crippen molar-refractivity contribution in [3.05, 3.63) is 52.3 Å². The Balaban J connectivity index is 0.000000261. The van der Waals surface area contributed by atoms with Crippen LogP contribution in [0, 0.1) is 0 Å². The number of carboxylic acid groups (broad SMARTS) is 2. The van der Waals surface area contributed by atoms with Gasteiger partial charge in [-0.2, -0.15) is 11.3 Å². The van der Waals surface area contributed by atoms with E-state index in [4.69, 9.17) is 10.2 Å². The second kappa shape index (κ2) is 8.78. The number of nitrogens with zero attached hydrogens (tertiary/aromatic N) is 1. The Morgan fingerprint density at radius 2 is 1.95 bits per heavy atom. The first-order valence-corrected chi connectivity index (χ1v) is 7.57. The van der Waals surface area contributed by atoms with Crippen LogP contribution in [0.1, 0.15) is 36.6 Å². The number of hydrogen-bond donors (Lipinski definition) is 3. The number of aromatic nitrogens is 2. The van der Waals surface area contributed by atoms with Crippen LogP contribution in [0.25, 0.3) is 0 Å². The third kappa shape index (κ3) is 5.53. The summed E-state index contributed by atoms with van der Waals surface area (Å²) in [6, 6.07) is 0. The standard InChI is InChI=1S/C11H14N2S.C4H4O4/c1-3-9-5-14-6-10(9)8(2)11-4-12-7-13-11;5-3(6)1-2-4(7)8/h4-8H,3H2,1-2H3,(H,12,13);1-2H,(H,5,6)(H,7,8)/b;2-1+. The van der Waals surface area contributed by atoms with Crippen molar-refractivity contribution in [2.45, 2.75) is 26.2 Å². The van der Waals surface area contributed by atoms with E-state index in [9.17, 15) is 9.59 Å². The van der Waals surface area contributed by atoms with Gasteiger partial charge in [-0.05, 0) is 28.3 Å². The fraction of sp³-hybridized carbons (Fsp3) is 0.267. The molecule has 3 N–H and O–H groups in total. The van der Waals surface area contributed by atoms with Gasteiger partial charge in [0.2, 0.25) is 0 Å². The Kier molecular flexibility index (Phi) is 7.04. The highest BCUT2D eigenvalue weighted by Gasteiger charge is 2.13. The number of H-pyrrole nitrogens is 1. The number of rotatable bonds is 5. The molecule has 0 saturated carbocycles. The van der Waals surface area contributed by atoms with E-state index in [0.717, 1.165) is 12.1 Å². The molecule has 2 aromatic rings. The van der Waals surface area contributed by atoms with Crippen molar-refractivity contribution in [1.29, 1.82) is 0 Å². The molecule has 0 saturated heterocycles. The van der Waals surface area contributed by atoms with Crippen LogP contribution in [0.3, 0.4) is 0 Å². The first-order valence-electron chi connectivity index (χ1n) is 6.63. The Morgan fingerprint density at radius 3 is 2.41 bits per heavy atom. The van der Waals surface area contributed by atoms with Gasteiger partial charge >= 0.3 is 11.9 Å². The maximum atomic E-state index is 9.55. The smallest absolute Gasteiger partial charge is 0.328 e. The highest BCUT2D eigenvalue weighted by atomic mass is 32.1. The van der Waals surface area contributed by atoms with Gasteiger partial charge in [0.15, 0.2) is 0 Å². The zero-order chi connectivity index (χ0) is 16.5. The molecule has 2 rings (SSSR count). The predicted octanol–water partition coefficient (Wildman–Crippen LogP) is 2.90. The second-order valence-corrected chi connectivity index (χ2v) is 5.18. The second-order valence-electron chi connectivity index (χ2n) is 4.43. The van der Waals surface area contributed by atoms with E-state index in [1.165, 1.54) is 11.1 Å².